The number of pyridine rings is 1. The summed E-state index contributed by atoms with van der Waals surface area (Å²) in [6, 6.07) is 17.1. The van der Waals surface area contributed by atoms with Crippen molar-refractivity contribution in [1.29, 1.82) is 0 Å². The van der Waals surface area contributed by atoms with Crippen LogP contribution < -0.4 is 11.1 Å². The first-order valence-corrected chi connectivity index (χ1v) is 9.37. The molecule has 0 amide bonds. The molecule has 2 aromatic carbocycles. The summed E-state index contributed by atoms with van der Waals surface area (Å²) in [6.45, 7) is 3.54. The number of hydrogen-bond donors (Lipinski definition) is 2. The van der Waals surface area contributed by atoms with E-state index < -0.39 is 5.97 Å². The molecule has 2 aromatic heterocycles. The van der Waals surface area contributed by atoms with Crippen LogP contribution in [0.15, 0.2) is 54.6 Å². The first-order valence-electron chi connectivity index (χ1n) is 9.37. The highest BCUT2D eigenvalue weighted by Crippen LogP contribution is 2.23. The van der Waals surface area contributed by atoms with E-state index in [4.69, 9.17) is 10.5 Å². The molecule has 0 radical (unpaired) electrons. The van der Waals surface area contributed by atoms with Gasteiger partial charge in [0.25, 0.3) is 0 Å². The topological polar surface area (TPSA) is 116 Å². The van der Waals surface area contributed by atoms with Gasteiger partial charge in [-0.1, -0.05) is 36.4 Å². The summed E-state index contributed by atoms with van der Waals surface area (Å²) in [5.74, 6) is 0.0758. The number of carbonyl (C=O) groups excluding carboxylic acids is 1. The first-order chi connectivity index (χ1) is 14.5. The fourth-order valence-electron chi connectivity index (χ4n) is 3.24. The molecule has 0 bridgehead atoms. The van der Waals surface area contributed by atoms with Crippen molar-refractivity contribution in [3.05, 3.63) is 77.2 Å². The molecule has 4 rings (SSSR count). The number of ether oxygens (including phenoxy) is 1. The van der Waals surface area contributed by atoms with Gasteiger partial charge < -0.3 is 15.8 Å². The van der Waals surface area contributed by atoms with Crippen LogP contribution in [0.25, 0.3) is 10.9 Å². The summed E-state index contributed by atoms with van der Waals surface area (Å²) in [7, 11) is 0. The molecule has 3 N–H and O–H groups in total. The number of hydrogen-bond acceptors (Lipinski definition) is 8. The Kier molecular flexibility index (Phi) is 5.21. The molecule has 30 heavy (non-hydrogen) atoms. The maximum absolute atomic E-state index is 12.8. The van der Waals surface area contributed by atoms with Crippen molar-refractivity contribution in [2.75, 3.05) is 11.1 Å². The molecule has 0 aliphatic rings. The van der Waals surface area contributed by atoms with Crippen LogP contribution in [-0.4, -0.2) is 25.9 Å². The van der Waals surface area contributed by atoms with Gasteiger partial charge in [-0.05, 0) is 37.6 Å². The molecule has 0 atom stereocenters. The summed E-state index contributed by atoms with van der Waals surface area (Å²) in [5.41, 5.74) is 9.31. The number of benzene rings is 2. The summed E-state index contributed by atoms with van der Waals surface area (Å²) in [4.78, 5) is 29.7. The normalized spacial score (nSPS) is 10.7. The van der Waals surface area contributed by atoms with E-state index in [1.54, 1.807) is 6.92 Å². The Bertz CT molecular complexity index is 1230. The number of nitrogens with one attached hydrogen (secondary N) is 1. The molecule has 8 heteroatoms. The average Bonchev–Trinajstić information content (AvgIpc) is 2.72. The van der Waals surface area contributed by atoms with Gasteiger partial charge in [0.1, 0.15) is 0 Å². The van der Waals surface area contributed by atoms with Crippen LogP contribution in [0.5, 0.6) is 0 Å². The van der Waals surface area contributed by atoms with E-state index in [9.17, 15) is 4.79 Å². The number of aryl methyl sites for hydroxylation is 2. The molecular formula is C22H20N6O2. The van der Waals surface area contributed by atoms with Crippen LogP contribution in [0.3, 0.4) is 0 Å². The average molecular weight is 400 g/mol. The van der Waals surface area contributed by atoms with Gasteiger partial charge in [-0.15, -0.1) is 0 Å². The third-order valence-corrected chi connectivity index (χ3v) is 4.60. The number of esters is 1. The van der Waals surface area contributed by atoms with Crippen LogP contribution >= 0.6 is 0 Å². The predicted molar refractivity (Wildman–Crippen MR) is 114 cm³/mol. The number of fused-ring (bicyclic) bond motifs is 1. The van der Waals surface area contributed by atoms with E-state index in [0.29, 0.717) is 11.3 Å². The Morgan fingerprint density at radius 2 is 1.70 bits per heavy atom. The Morgan fingerprint density at radius 1 is 0.967 bits per heavy atom. The minimum atomic E-state index is -0.486. The lowest BCUT2D eigenvalue weighted by molar-refractivity contribution is 0.0460. The minimum Gasteiger partial charge on any atom is -0.454 e. The van der Waals surface area contributed by atoms with Gasteiger partial charge in [0.05, 0.1) is 16.8 Å². The molecule has 0 aliphatic heterocycles. The fraction of sp³-hybridized carbons (Fsp3) is 0.136. The number of para-hydroxylation sites is 2. The maximum Gasteiger partial charge on any atom is 0.340 e. The van der Waals surface area contributed by atoms with Crippen LogP contribution in [0.2, 0.25) is 0 Å². The van der Waals surface area contributed by atoms with E-state index in [0.717, 1.165) is 22.2 Å². The Labute approximate surface area is 173 Å². The SMILES string of the molecule is Cc1nc2ccccc2c(C)c1C(=O)OCc1nc(N)nc(Nc2ccccc2)n1. The van der Waals surface area contributed by atoms with Crippen molar-refractivity contribution in [2.24, 2.45) is 0 Å². The monoisotopic (exact) mass is 400 g/mol. The minimum absolute atomic E-state index is 0.0363. The lowest BCUT2D eigenvalue weighted by Crippen LogP contribution is -2.13. The molecule has 0 fully saturated rings. The van der Waals surface area contributed by atoms with Crippen LogP contribution in [0.4, 0.5) is 17.6 Å². The van der Waals surface area contributed by atoms with E-state index in [1.165, 1.54) is 0 Å². The smallest absolute Gasteiger partial charge is 0.340 e. The highest BCUT2D eigenvalue weighted by atomic mass is 16.5. The zero-order valence-corrected chi connectivity index (χ0v) is 16.6. The quantitative estimate of drug-likeness (QED) is 0.487. The van der Waals surface area contributed by atoms with Crippen LogP contribution in [0.1, 0.15) is 27.4 Å². The highest BCUT2D eigenvalue weighted by molar-refractivity contribution is 5.98. The molecule has 0 aliphatic carbocycles. The zero-order valence-electron chi connectivity index (χ0n) is 16.6. The second-order valence-electron chi connectivity index (χ2n) is 6.71. The van der Waals surface area contributed by atoms with Gasteiger partial charge >= 0.3 is 5.97 Å². The third kappa shape index (κ3) is 4.02. The van der Waals surface area contributed by atoms with Crippen LogP contribution in [-0.2, 0) is 11.3 Å². The predicted octanol–water partition coefficient (Wildman–Crippen LogP) is 3.72. The van der Waals surface area contributed by atoms with E-state index in [-0.39, 0.29) is 24.3 Å². The number of carbonyl (C=O) groups is 1. The van der Waals surface area contributed by atoms with Crippen molar-refractivity contribution in [3.8, 4) is 0 Å². The zero-order chi connectivity index (χ0) is 21.1. The number of nitrogen functional groups attached to an aromatic ring is 1. The Balaban J connectivity index is 1.54. The standard InChI is InChI=1S/C22H20N6O2/c1-13-16-10-6-7-11-17(16)24-14(2)19(13)20(29)30-12-18-26-21(23)28-22(27-18)25-15-8-4-3-5-9-15/h3-11H,12H2,1-2H3,(H3,23,25,26,27,28). The van der Waals surface area contributed by atoms with Crippen molar-refractivity contribution in [2.45, 2.75) is 20.5 Å². The number of anilines is 3. The molecule has 4 aromatic rings. The molecular weight excluding hydrogens is 380 g/mol. The molecule has 0 saturated carbocycles. The van der Waals surface area contributed by atoms with Crippen molar-refractivity contribution < 1.29 is 9.53 Å². The second kappa shape index (κ2) is 8.12. The third-order valence-electron chi connectivity index (χ3n) is 4.60. The van der Waals surface area contributed by atoms with Gasteiger partial charge in [0.15, 0.2) is 12.4 Å². The first kappa shape index (κ1) is 19.3. The molecule has 0 spiro atoms. The fourth-order valence-corrected chi connectivity index (χ4v) is 3.24. The van der Waals surface area contributed by atoms with Crippen molar-refractivity contribution >= 4 is 34.5 Å². The number of nitrogens with zero attached hydrogens (tertiary/aromatic N) is 4. The lowest BCUT2D eigenvalue weighted by Gasteiger charge is -2.12. The molecule has 2 heterocycles. The molecule has 0 saturated heterocycles. The van der Waals surface area contributed by atoms with E-state index in [2.05, 4.69) is 25.3 Å². The second-order valence-corrected chi connectivity index (χ2v) is 6.71. The summed E-state index contributed by atoms with van der Waals surface area (Å²) in [6.07, 6.45) is 0. The Hall–Kier alpha value is -4.07. The number of nitrogens with two attached hydrogens (primary N) is 1. The van der Waals surface area contributed by atoms with Gasteiger partial charge in [0, 0.05) is 11.1 Å². The van der Waals surface area contributed by atoms with Crippen molar-refractivity contribution in [1.82, 2.24) is 19.9 Å². The lowest BCUT2D eigenvalue weighted by atomic mass is 10.0. The maximum atomic E-state index is 12.8. The largest absolute Gasteiger partial charge is 0.454 e. The molecule has 8 nitrogen and oxygen atoms in total. The van der Waals surface area contributed by atoms with E-state index >= 15 is 0 Å². The van der Waals surface area contributed by atoms with Gasteiger partial charge in [-0.25, -0.2) is 4.79 Å². The Morgan fingerprint density at radius 3 is 2.50 bits per heavy atom. The highest BCUT2D eigenvalue weighted by Gasteiger charge is 2.18. The van der Waals surface area contributed by atoms with Crippen LogP contribution in [0, 0.1) is 13.8 Å². The van der Waals surface area contributed by atoms with Gasteiger partial charge in [-0.2, -0.15) is 15.0 Å². The summed E-state index contributed by atoms with van der Waals surface area (Å²) in [5, 5.41) is 3.96. The number of aromatic nitrogens is 4. The van der Waals surface area contributed by atoms with Gasteiger partial charge in [-0.3, -0.25) is 4.98 Å². The summed E-state index contributed by atoms with van der Waals surface area (Å²) < 4.78 is 5.47. The van der Waals surface area contributed by atoms with Gasteiger partial charge in [0.2, 0.25) is 11.9 Å². The number of rotatable bonds is 5. The summed E-state index contributed by atoms with van der Waals surface area (Å²) >= 11 is 0. The molecule has 0 unspecified atom stereocenters. The molecule has 150 valence electrons. The van der Waals surface area contributed by atoms with Crippen molar-refractivity contribution in [3.63, 3.8) is 0 Å². The van der Waals surface area contributed by atoms with E-state index in [1.807, 2.05) is 61.5 Å².